The lowest BCUT2D eigenvalue weighted by Crippen LogP contribution is -2.27. The van der Waals surface area contributed by atoms with E-state index in [1.165, 1.54) is 17.3 Å². The second-order valence-corrected chi connectivity index (χ2v) is 4.89. The highest BCUT2D eigenvalue weighted by Gasteiger charge is 2.07. The first kappa shape index (κ1) is 14.8. The van der Waals surface area contributed by atoms with Crippen molar-refractivity contribution in [2.75, 3.05) is 0 Å². The Hall–Kier alpha value is -3.15. The van der Waals surface area contributed by atoms with Gasteiger partial charge in [0.05, 0.1) is 0 Å². The molecule has 2 aromatic carbocycles. The average Bonchev–Trinajstić information content (AvgIpc) is 3.08. The van der Waals surface area contributed by atoms with Crippen molar-refractivity contribution >= 4 is 5.91 Å². The second-order valence-electron chi connectivity index (χ2n) is 4.89. The van der Waals surface area contributed by atoms with Crippen LogP contribution in [0.25, 0.3) is 0 Å². The number of amides is 1. The summed E-state index contributed by atoms with van der Waals surface area (Å²) in [5.74, 6) is 1.35. The van der Waals surface area contributed by atoms with Crippen molar-refractivity contribution in [3.8, 4) is 11.5 Å². The summed E-state index contributed by atoms with van der Waals surface area (Å²) in [6.45, 7) is 0.526. The molecular formula is C17H16N4O2. The number of nitrogens with one attached hydrogen (secondary N) is 1. The molecule has 3 aromatic rings. The van der Waals surface area contributed by atoms with Crippen molar-refractivity contribution in [2.45, 2.75) is 13.1 Å². The van der Waals surface area contributed by atoms with E-state index in [0.717, 1.165) is 17.1 Å². The molecule has 0 aliphatic carbocycles. The second kappa shape index (κ2) is 7.22. The first-order valence-corrected chi connectivity index (χ1v) is 7.21. The molecule has 3 rings (SSSR count). The number of nitrogens with zero attached hydrogens (tertiary/aromatic N) is 3. The molecule has 0 spiro atoms. The van der Waals surface area contributed by atoms with Crippen LogP contribution in [0.3, 0.4) is 0 Å². The number of hydrogen-bond acceptors (Lipinski definition) is 4. The fourth-order valence-corrected chi connectivity index (χ4v) is 2.08. The summed E-state index contributed by atoms with van der Waals surface area (Å²) in [4.78, 5) is 15.7. The molecule has 0 bridgehead atoms. The molecule has 0 fully saturated rings. The number of ether oxygens (including phenoxy) is 1. The molecule has 116 valence electrons. The van der Waals surface area contributed by atoms with Gasteiger partial charge < -0.3 is 10.1 Å². The number of aromatic nitrogens is 3. The zero-order valence-electron chi connectivity index (χ0n) is 12.4. The van der Waals surface area contributed by atoms with Gasteiger partial charge in [0, 0.05) is 12.1 Å². The van der Waals surface area contributed by atoms with Crippen molar-refractivity contribution < 1.29 is 9.53 Å². The monoisotopic (exact) mass is 308 g/mol. The van der Waals surface area contributed by atoms with Gasteiger partial charge in [-0.25, -0.2) is 9.67 Å². The summed E-state index contributed by atoms with van der Waals surface area (Å²) in [6.07, 6.45) is 2.91. The first-order valence-electron chi connectivity index (χ1n) is 7.21. The van der Waals surface area contributed by atoms with E-state index in [2.05, 4.69) is 15.4 Å². The van der Waals surface area contributed by atoms with Gasteiger partial charge in [0.2, 0.25) is 5.91 Å². The summed E-state index contributed by atoms with van der Waals surface area (Å²) in [5.41, 5.74) is 0.906. The number of benzene rings is 2. The highest BCUT2D eigenvalue weighted by atomic mass is 16.5. The lowest BCUT2D eigenvalue weighted by atomic mass is 10.2. The van der Waals surface area contributed by atoms with E-state index in [0.29, 0.717) is 6.54 Å². The van der Waals surface area contributed by atoms with Crippen molar-refractivity contribution in [3.05, 3.63) is 72.8 Å². The van der Waals surface area contributed by atoms with Gasteiger partial charge in [0.15, 0.2) is 0 Å². The van der Waals surface area contributed by atoms with E-state index in [4.69, 9.17) is 4.74 Å². The van der Waals surface area contributed by atoms with Crippen LogP contribution in [0.15, 0.2) is 67.3 Å². The van der Waals surface area contributed by atoms with Crippen molar-refractivity contribution in [1.82, 2.24) is 20.1 Å². The van der Waals surface area contributed by atoms with E-state index < -0.39 is 0 Å². The van der Waals surface area contributed by atoms with E-state index in [1.54, 1.807) is 0 Å². The molecule has 1 aromatic heterocycles. The molecular weight excluding hydrogens is 292 g/mol. The Labute approximate surface area is 133 Å². The lowest BCUT2D eigenvalue weighted by Gasteiger charge is -2.12. The van der Waals surface area contributed by atoms with E-state index in [9.17, 15) is 4.79 Å². The highest BCUT2D eigenvalue weighted by Crippen LogP contribution is 2.24. The Morgan fingerprint density at radius 2 is 1.87 bits per heavy atom. The molecule has 6 heteroatoms. The molecule has 23 heavy (non-hydrogen) atoms. The van der Waals surface area contributed by atoms with Crippen LogP contribution in [-0.4, -0.2) is 20.7 Å². The van der Waals surface area contributed by atoms with Gasteiger partial charge >= 0.3 is 0 Å². The fraction of sp³-hybridized carbons (Fsp3) is 0.118. The van der Waals surface area contributed by atoms with Gasteiger partial charge in [-0.2, -0.15) is 5.10 Å². The zero-order valence-corrected chi connectivity index (χ0v) is 12.4. The van der Waals surface area contributed by atoms with Gasteiger partial charge in [-0.3, -0.25) is 4.79 Å². The Morgan fingerprint density at radius 1 is 1.09 bits per heavy atom. The number of carbonyl (C=O) groups excluding carboxylic acids is 1. The minimum atomic E-state index is -0.134. The standard InChI is InChI=1S/C17H16N4O2/c22-17(11-21-13-18-12-20-21)19-10-14-6-4-5-9-16(14)23-15-7-2-1-3-8-15/h1-9,12-13H,10-11H2,(H,19,22). The maximum atomic E-state index is 11.9. The van der Waals surface area contributed by atoms with Crippen LogP contribution in [0, 0.1) is 0 Å². The zero-order chi connectivity index (χ0) is 15.9. The molecule has 0 unspecified atom stereocenters. The molecule has 1 heterocycles. The average molecular weight is 308 g/mol. The van der Waals surface area contributed by atoms with Crippen LogP contribution >= 0.6 is 0 Å². The maximum absolute atomic E-state index is 11.9. The largest absolute Gasteiger partial charge is 0.457 e. The Kier molecular flexibility index (Phi) is 4.63. The smallest absolute Gasteiger partial charge is 0.242 e. The van der Waals surface area contributed by atoms with Crippen molar-refractivity contribution in [1.29, 1.82) is 0 Å². The fourth-order valence-electron chi connectivity index (χ4n) is 2.08. The number of hydrogen-bond donors (Lipinski definition) is 1. The van der Waals surface area contributed by atoms with Gasteiger partial charge in [-0.15, -0.1) is 0 Å². The third-order valence-electron chi connectivity index (χ3n) is 3.19. The van der Waals surface area contributed by atoms with Crippen LogP contribution < -0.4 is 10.1 Å². The normalized spacial score (nSPS) is 10.3. The topological polar surface area (TPSA) is 69.0 Å². The van der Waals surface area contributed by atoms with Crippen molar-refractivity contribution in [3.63, 3.8) is 0 Å². The van der Waals surface area contributed by atoms with Gasteiger partial charge in [-0.1, -0.05) is 36.4 Å². The summed E-state index contributed by atoms with van der Waals surface area (Å²) >= 11 is 0. The van der Waals surface area contributed by atoms with E-state index in [-0.39, 0.29) is 12.5 Å². The third kappa shape index (κ3) is 4.16. The Morgan fingerprint density at radius 3 is 2.65 bits per heavy atom. The Bertz CT molecular complexity index is 757. The first-order chi connectivity index (χ1) is 11.3. The number of carbonyl (C=O) groups is 1. The molecule has 1 amide bonds. The van der Waals surface area contributed by atoms with E-state index in [1.807, 2.05) is 54.6 Å². The molecule has 0 saturated carbocycles. The van der Waals surface area contributed by atoms with Gasteiger partial charge in [0.25, 0.3) is 0 Å². The highest BCUT2D eigenvalue weighted by molar-refractivity contribution is 5.75. The molecule has 6 nitrogen and oxygen atoms in total. The summed E-state index contributed by atoms with van der Waals surface area (Å²) in [5, 5.41) is 6.76. The quantitative estimate of drug-likeness (QED) is 0.759. The number of para-hydroxylation sites is 2. The number of rotatable bonds is 6. The van der Waals surface area contributed by atoms with Gasteiger partial charge in [0.1, 0.15) is 30.7 Å². The van der Waals surface area contributed by atoms with Crippen LogP contribution in [0.4, 0.5) is 0 Å². The Balaban J connectivity index is 1.62. The minimum Gasteiger partial charge on any atom is -0.457 e. The summed E-state index contributed by atoms with van der Waals surface area (Å²) < 4.78 is 7.34. The van der Waals surface area contributed by atoms with E-state index >= 15 is 0 Å². The predicted octanol–water partition coefficient (Wildman–Crippen LogP) is 2.39. The van der Waals surface area contributed by atoms with Crippen LogP contribution in [-0.2, 0) is 17.9 Å². The molecule has 0 saturated heterocycles. The summed E-state index contributed by atoms with van der Waals surface area (Å²) in [6, 6.07) is 17.2. The van der Waals surface area contributed by atoms with Crippen LogP contribution in [0.5, 0.6) is 11.5 Å². The summed E-state index contributed by atoms with van der Waals surface area (Å²) in [7, 11) is 0. The molecule has 0 aliphatic heterocycles. The van der Waals surface area contributed by atoms with Crippen LogP contribution in [0.2, 0.25) is 0 Å². The van der Waals surface area contributed by atoms with Crippen molar-refractivity contribution in [2.24, 2.45) is 0 Å². The van der Waals surface area contributed by atoms with Gasteiger partial charge in [-0.05, 0) is 18.2 Å². The van der Waals surface area contributed by atoms with Crippen LogP contribution in [0.1, 0.15) is 5.56 Å². The molecule has 1 N–H and O–H groups in total. The molecule has 0 radical (unpaired) electrons. The minimum absolute atomic E-state index is 0.134. The lowest BCUT2D eigenvalue weighted by molar-refractivity contribution is -0.122. The SMILES string of the molecule is O=C(Cn1cncn1)NCc1ccccc1Oc1ccccc1. The third-order valence-corrected chi connectivity index (χ3v) is 3.19. The predicted molar refractivity (Wildman–Crippen MR) is 84.8 cm³/mol. The molecule has 0 atom stereocenters. The molecule has 0 aliphatic rings. The maximum Gasteiger partial charge on any atom is 0.242 e.